The Hall–Kier alpha value is -1.13. The highest BCUT2D eigenvalue weighted by molar-refractivity contribution is 5.69. The van der Waals surface area contributed by atoms with Crippen LogP contribution in [-0.2, 0) is 9.53 Å². The second kappa shape index (κ2) is 13.2. The van der Waals surface area contributed by atoms with E-state index in [1.165, 1.54) is 12.0 Å². The number of carbonyl (C=O) groups is 1. The molecule has 0 fully saturated rings. The fourth-order valence-corrected chi connectivity index (χ4v) is 3.89. The highest BCUT2D eigenvalue weighted by atomic mass is 16.5. The molecule has 0 aromatic carbocycles. The molecule has 6 atom stereocenters. The van der Waals surface area contributed by atoms with Crippen LogP contribution in [0.3, 0.4) is 0 Å². The zero-order chi connectivity index (χ0) is 21.1. The van der Waals surface area contributed by atoms with Gasteiger partial charge in [-0.2, -0.15) is 0 Å². The van der Waals surface area contributed by atoms with Crippen LogP contribution in [0.15, 0.2) is 23.8 Å². The van der Waals surface area contributed by atoms with E-state index in [-0.39, 0.29) is 23.9 Å². The molecule has 4 nitrogen and oxygen atoms in total. The lowest BCUT2D eigenvalue weighted by Gasteiger charge is -2.25. The number of rotatable bonds is 7. The Kier molecular flexibility index (Phi) is 11.7. The van der Waals surface area contributed by atoms with Gasteiger partial charge < -0.3 is 14.9 Å². The molecule has 1 aliphatic rings. The molecule has 0 radical (unpaired) electrons. The molecule has 0 saturated heterocycles. The van der Waals surface area contributed by atoms with Crippen molar-refractivity contribution in [2.75, 3.05) is 0 Å². The summed E-state index contributed by atoms with van der Waals surface area (Å²) >= 11 is 0. The maximum Gasteiger partial charge on any atom is 0.306 e. The number of hydrogen-bond acceptors (Lipinski definition) is 4. The van der Waals surface area contributed by atoms with Gasteiger partial charge in [-0.1, -0.05) is 57.4 Å². The standard InChI is InChI=1S/C24H42O4/c1-17-10-6-8-12-23(28-24(27)13-9-7-11-17)20(4)15-18(2)14-19(3)22(26)16-21(5)25/h6,8,14,17,19-23,25-26H,7,9-13,15-16H2,1-5H3/b8-6?,18-14+/t17?,19-,20+,21-,22-,23?/m1/s1. The van der Waals surface area contributed by atoms with Crippen LogP contribution in [0.5, 0.6) is 0 Å². The summed E-state index contributed by atoms with van der Waals surface area (Å²) in [4.78, 5) is 12.2. The highest BCUT2D eigenvalue weighted by Gasteiger charge is 2.22. The molecule has 0 bridgehead atoms. The summed E-state index contributed by atoms with van der Waals surface area (Å²) in [7, 11) is 0. The quantitative estimate of drug-likeness (QED) is 0.461. The molecule has 1 heterocycles. The van der Waals surface area contributed by atoms with E-state index in [0.717, 1.165) is 32.1 Å². The van der Waals surface area contributed by atoms with Gasteiger partial charge in [-0.15, -0.1) is 0 Å². The summed E-state index contributed by atoms with van der Waals surface area (Å²) in [5.74, 6) is 0.788. The van der Waals surface area contributed by atoms with E-state index in [9.17, 15) is 15.0 Å². The summed E-state index contributed by atoms with van der Waals surface area (Å²) in [6.07, 6.45) is 12.0. The van der Waals surface area contributed by atoms with E-state index in [2.05, 4.69) is 39.0 Å². The van der Waals surface area contributed by atoms with Gasteiger partial charge in [0.15, 0.2) is 0 Å². The predicted molar refractivity (Wildman–Crippen MR) is 115 cm³/mol. The summed E-state index contributed by atoms with van der Waals surface area (Å²) in [5, 5.41) is 19.6. The predicted octanol–water partition coefficient (Wildman–Crippen LogP) is 5.19. The molecular formula is C24H42O4. The fraction of sp³-hybridized carbons (Fsp3) is 0.792. The molecule has 0 spiro atoms. The normalized spacial score (nSPS) is 27.1. The Morgan fingerprint density at radius 2 is 1.89 bits per heavy atom. The second-order valence-electron chi connectivity index (χ2n) is 9.03. The van der Waals surface area contributed by atoms with Gasteiger partial charge in [0, 0.05) is 18.8 Å². The molecule has 1 rings (SSSR count). The fourth-order valence-electron chi connectivity index (χ4n) is 3.89. The maximum absolute atomic E-state index is 12.2. The Bertz CT molecular complexity index is 509. The number of hydrogen-bond donors (Lipinski definition) is 2. The highest BCUT2D eigenvalue weighted by Crippen LogP contribution is 2.24. The van der Waals surface area contributed by atoms with Crippen LogP contribution in [0.4, 0.5) is 0 Å². The van der Waals surface area contributed by atoms with E-state index < -0.39 is 12.2 Å². The lowest BCUT2D eigenvalue weighted by Crippen LogP contribution is -2.26. The van der Waals surface area contributed by atoms with E-state index in [1.807, 2.05) is 6.92 Å². The van der Waals surface area contributed by atoms with Gasteiger partial charge in [0.25, 0.3) is 0 Å². The van der Waals surface area contributed by atoms with Gasteiger partial charge in [0.2, 0.25) is 0 Å². The first kappa shape index (κ1) is 24.9. The van der Waals surface area contributed by atoms with Gasteiger partial charge in [0.05, 0.1) is 12.2 Å². The molecule has 2 N–H and O–H groups in total. The molecule has 0 aromatic heterocycles. The molecule has 0 amide bonds. The van der Waals surface area contributed by atoms with Crippen molar-refractivity contribution in [3.63, 3.8) is 0 Å². The second-order valence-corrected chi connectivity index (χ2v) is 9.03. The van der Waals surface area contributed by atoms with Crippen molar-refractivity contribution in [1.29, 1.82) is 0 Å². The first-order valence-corrected chi connectivity index (χ1v) is 11.1. The average molecular weight is 395 g/mol. The minimum atomic E-state index is -0.547. The van der Waals surface area contributed by atoms with Crippen molar-refractivity contribution in [1.82, 2.24) is 0 Å². The smallest absolute Gasteiger partial charge is 0.306 e. The van der Waals surface area contributed by atoms with Crippen molar-refractivity contribution in [3.8, 4) is 0 Å². The molecule has 28 heavy (non-hydrogen) atoms. The summed E-state index contributed by atoms with van der Waals surface area (Å²) < 4.78 is 5.82. The lowest BCUT2D eigenvalue weighted by molar-refractivity contribution is -0.151. The molecule has 162 valence electrons. The van der Waals surface area contributed by atoms with Crippen LogP contribution in [-0.4, -0.2) is 34.5 Å². The van der Waals surface area contributed by atoms with Crippen molar-refractivity contribution < 1.29 is 19.7 Å². The van der Waals surface area contributed by atoms with Gasteiger partial charge in [-0.05, 0) is 51.4 Å². The lowest BCUT2D eigenvalue weighted by atomic mass is 9.90. The molecule has 0 saturated carbocycles. The third-order valence-electron chi connectivity index (χ3n) is 5.70. The summed E-state index contributed by atoms with van der Waals surface area (Å²) in [6, 6.07) is 0. The molecule has 0 aromatic rings. The van der Waals surface area contributed by atoms with Crippen LogP contribution in [0.1, 0.15) is 86.0 Å². The number of allylic oxidation sites excluding steroid dienone is 2. The van der Waals surface area contributed by atoms with E-state index in [1.54, 1.807) is 6.92 Å². The third kappa shape index (κ3) is 10.4. The van der Waals surface area contributed by atoms with E-state index >= 15 is 0 Å². The Balaban J connectivity index is 2.70. The third-order valence-corrected chi connectivity index (χ3v) is 5.70. The zero-order valence-electron chi connectivity index (χ0n) is 18.6. The van der Waals surface area contributed by atoms with Gasteiger partial charge in [-0.25, -0.2) is 0 Å². The number of esters is 1. The van der Waals surface area contributed by atoms with E-state index in [4.69, 9.17) is 4.74 Å². The minimum Gasteiger partial charge on any atom is -0.462 e. The largest absolute Gasteiger partial charge is 0.462 e. The van der Waals surface area contributed by atoms with Crippen molar-refractivity contribution in [3.05, 3.63) is 23.8 Å². The first-order valence-electron chi connectivity index (χ1n) is 11.1. The number of cyclic esters (lactones) is 1. The van der Waals surface area contributed by atoms with Gasteiger partial charge in [-0.3, -0.25) is 4.79 Å². The van der Waals surface area contributed by atoms with Crippen molar-refractivity contribution in [2.24, 2.45) is 17.8 Å². The van der Waals surface area contributed by atoms with Gasteiger partial charge in [0.1, 0.15) is 6.10 Å². The van der Waals surface area contributed by atoms with Gasteiger partial charge >= 0.3 is 5.97 Å². The van der Waals surface area contributed by atoms with Crippen LogP contribution in [0, 0.1) is 17.8 Å². The topological polar surface area (TPSA) is 66.8 Å². The number of aliphatic hydroxyl groups excluding tert-OH is 2. The minimum absolute atomic E-state index is 0.0120. The van der Waals surface area contributed by atoms with Crippen LogP contribution < -0.4 is 0 Å². The molecular weight excluding hydrogens is 352 g/mol. The van der Waals surface area contributed by atoms with Crippen molar-refractivity contribution >= 4 is 5.97 Å². The SMILES string of the molecule is C/C(=C\[C@@H](C)[C@H](O)C[C@@H](C)O)C[C@H](C)C1CC=CCC(C)CCCCC(=O)O1. The average Bonchev–Trinajstić information content (AvgIpc) is 2.59. The Morgan fingerprint density at radius 3 is 2.57 bits per heavy atom. The molecule has 2 unspecified atom stereocenters. The number of ether oxygens (including phenoxy) is 1. The van der Waals surface area contributed by atoms with Crippen LogP contribution >= 0.6 is 0 Å². The van der Waals surface area contributed by atoms with Crippen LogP contribution in [0.2, 0.25) is 0 Å². The monoisotopic (exact) mass is 394 g/mol. The van der Waals surface area contributed by atoms with E-state index in [0.29, 0.717) is 18.8 Å². The van der Waals surface area contributed by atoms with Crippen LogP contribution in [0.25, 0.3) is 0 Å². The zero-order valence-corrected chi connectivity index (χ0v) is 18.6. The number of carbonyl (C=O) groups excluding carboxylic acids is 1. The molecule has 1 aliphatic heterocycles. The Morgan fingerprint density at radius 1 is 1.21 bits per heavy atom. The summed E-state index contributed by atoms with van der Waals surface area (Å²) in [5.41, 5.74) is 1.18. The maximum atomic E-state index is 12.2. The Labute approximate surface area is 172 Å². The summed E-state index contributed by atoms with van der Waals surface area (Å²) in [6.45, 7) is 10.1. The first-order chi connectivity index (χ1) is 13.2. The van der Waals surface area contributed by atoms with Crippen molar-refractivity contribution in [2.45, 2.75) is 104 Å². The number of aliphatic hydroxyl groups is 2. The molecule has 0 aliphatic carbocycles. The molecule has 4 heteroatoms.